The first-order chi connectivity index (χ1) is 15.1. The smallest absolute Gasteiger partial charge is 0.219 e. The zero-order valence-electron chi connectivity index (χ0n) is 18.6. The summed E-state index contributed by atoms with van der Waals surface area (Å²) < 4.78 is 1.94. The molecule has 2 aromatic heterocycles. The normalized spacial score (nSPS) is 21.4. The number of nitrogens with zero attached hydrogens (tertiary/aromatic N) is 5. The van der Waals surface area contributed by atoms with Gasteiger partial charge in [-0.25, -0.2) is 9.67 Å². The number of hydrogen-bond acceptors (Lipinski definition) is 6. The number of oxime groups is 1. The number of carbonyl (C=O) groups is 1. The van der Waals surface area contributed by atoms with Gasteiger partial charge in [0.25, 0.3) is 0 Å². The van der Waals surface area contributed by atoms with Crippen LogP contribution in [0, 0.1) is 0 Å². The zero-order chi connectivity index (χ0) is 21.4. The van der Waals surface area contributed by atoms with Crippen LogP contribution in [0.1, 0.15) is 70.8 Å². The van der Waals surface area contributed by atoms with E-state index in [0.29, 0.717) is 6.04 Å². The van der Waals surface area contributed by atoms with Crippen LogP contribution in [0.15, 0.2) is 17.5 Å². The molecule has 2 aliphatic heterocycles. The first kappa shape index (κ1) is 20.3. The number of aromatic nitrogens is 3. The minimum Gasteiger partial charge on any atom is -0.388 e. The van der Waals surface area contributed by atoms with E-state index in [4.69, 9.17) is 9.82 Å². The summed E-state index contributed by atoms with van der Waals surface area (Å²) in [5, 5.41) is 14.0. The topological polar surface area (TPSA) is 84.6 Å². The van der Waals surface area contributed by atoms with Crippen molar-refractivity contribution in [3.05, 3.63) is 18.0 Å². The molecule has 0 aromatic carbocycles. The van der Waals surface area contributed by atoms with Gasteiger partial charge in [-0.05, 0) is 19.8 Å². The number of piperidine rings is 1. The molecule has 0 atom stereocenters. The molecule has 4 heterocycles. The number of pyridine rings is 1. The summed E-state index contributed by atoms with van der Waals surface area (Å²) >= 11 is 0. The van der Waals surface area contributed by atoms with Gasteiger partial charge in [-0.1, -0.05) is 24.4 Å². The van der Waals surface area contributed by atoms with Crippen LogP contribution in [-0.4, -0.2) is 56.0 Å². The molecule has 0 radical (unpaired) electrons. The molecule has 1 saturated carbocycles. The highest BCUT2D eigenvalue weighted by Gasteiger charge is 2.43. The van der Waals surface area contributed by atoms with E-state index in [2.05, 4.69) is 22.5 Å². The van der Waals surface area contributed by atoms with Crippen LogP contribution < -0.4 is 5.32 Å². The van der Waals surface area contributed by atoms with E-state index in [0.717, 1.165) is 66.9 Å². The van der Waals surface area contributed by atoms with Gasteiger partial charge >= 0.3 is 0 Å². The maximum atomic E-state index is 11.7. The Bertz CT molecular complexity index is 999. The first-order valence-electron chi connectivity index (χ1n) is 11.7. The van der Waals surface area contributed by atoms with Gasteiger partial charge in [0.05, 0.1) is 23.0 Å². The number of anilines is 1. The third kappa shape index (κ3) is 3.77. The largest absolute Gasteiger partial charge is 0.388 e. The molecule has 0 unspecified atom stereocenters. The van der Waals surface area contributed by atoms with Gasteiger partial charge in [-0.3, -0.25) is 4.79 Å². The summed E-state index contributed by atoms with van der Waals surface area (Å²) in [6, 6.07) is 0.471. The lowest BCUT2D eigenvalue weighted by molar-refractivity contribution is -0.134. The Balaban J connectivity index is 1.44. The molecule has 1 N–H and O–H groups in total. The van der Waals surface area contributed by atoms with Gasteiger partial charge in [-0.2, -0.15) is 5.10 Å². The van der Waals surface area contributed by atoms with E-state index in [1.165, 1.54) is 32.1 Å². The van der Waals surface area contributed by atoms with E-state index in [9.17, 15) is 4.79 Å². The predicted molar refractivity (Wildman–Crippen MR) is 120 cm³/mol. The standard InChI is InChI=1S/C23H32N6O2/c1-3-29-22-19(15-25-29)21(26-17-7-5-4-6-8-17)18(14-24-22)20-13-23(31-27-20)9-11-28(12-10-23)16(2)30/h14-15,17H,3-13H2,1-2H3,(H,24,26). The number of likely N-dealkylation sites (tertiary alicyclic amines) is 1. The molecule has 31 heavy (non-hydrogen) atoms. The van der Waals surface area contributed by atoms with Crippen molar-refractivity contribution >= 4 is 28.3 Å². The molecule has 1 amide bonds. The van der Waals surface area contributed by atoms with Gasteiger partial charge < -0.3 is 15.1 Å². The van der Waals surface area contributed by atoms with Crippen molar-refractivity contribution in [2.24, 2.45) is 5.16 Å². The lowest BCUT2D eigenvalue weighted by atomic mass is 9.85. The lowest BCUT2D eigenvalue weighted by Gasteiger charge is -2.36. The van der Waals surface area contributed by atoms with Crippen LogP contribution in [0.25, 0.3) is 11.0 Å². The summed E-state index contributed by atoms with van der Waals surface area (Å²) in [4.78, 5) is 24.4. The summed E-state index contributed by atoms with van der Waals surface area (Å²) in [6.07, 6.45) is 12.5. The molecule has 2 fully saturated rings. The van der Waals surface area contributed by atoms with E-state index in [1.807, 2.05) is 22.0 Å². The maximum absolute atomic E-state index is 11.7. The molecule has 166 valence electrons. The average Bonchev–Trinajstić information content (AvgIpc) is 3.39. The van der Waals surface area contributed by atoms with Gasteiger partial charge in [0, 0.05) is 63.6 Å². The number of rotatable bonds is 4. The van der Waals surface area contributed by atoms with Gasteiger partial charge in [0.2, 0.25) is 5.91 Å². The lowest BCUT2D eigenvalue weighted by Crippen LogP contribution is -2.46. The molecule has 1 saturated heterocycles. The van der Waals surface area contributed by atoms with Crippen molar-refractivity contribution < 1.29 is 9.63 Å². The van der Waals surface area contributed by atoms with E-state index < -0.39 is 0 Å². The van der Waals surface area contributed by atoms with Crippen LogP contribution in [0.2, 0.25) is 0 Å². The van der Waals surface area contributed by atoms with Crippen molar-refractivity contribution in [2.75, 3.05) is 18.4 Å². The van der Waals surface area contributed by atoms with Crippen molar-refractivity contribution in [3.8, 4) is 0 Å². The molecule has 2 aromatic rings. The van der Waals surface area contributed by atoms with Crippen molar-refractivity contribution in [2.45, 2.75) is 83.4 Å². The summed E-state index contributed by atoms with van der Waals surface area (Å²) in [6.45, 7) is 5.97. The Morgan fingerprint density at radius 2 is 2.00 bits per heavy atom. The Morgan fingerprint density at radius 3 is 2.71 bits per heavy atom. The highest BCUT2D eigenvalue weighted by Crippen LogP contribution is 2.39. The number of aryl methyl sites for hydroxylation is 1. The van der Waals surface area contributed by atoms with Crippen LogP contribution in [0.3, 0.4) is 0 Å². The maximum Gasteiger partial charge on any atom is 0.219 e. The monoisotopic (exact) mass is 424 g/mol. The van der Waals surface area contributed by atoms with Gasteiger partial charge in [-0.15, -0.1) is 0 Å². The fourth-order valence-corrected chi connectivity index (χ4v) is 5.25. The fourth-order valence-electron chi connectivity index (χ4n) is 5.25. The Labute approximate surface area is 183 Å². The van der Waals surface area contributed by atoms with Crippen molar-refractivity contribution in [1.82, 2.24) is 19.7 Å². The third-order valence-electron chi connectivity index (χ3n) is 7.19. The second-order valence-corrected chi connectivity index (χ2v) is 9.22. The number of nitrogens with one attached hydrogen (secondary N) is 1. The quantitative estimate of drug-likeness (QED) is 0.809. The van der Waals surface area contributed by atoms with E-state index in [1.54, 1.807) is 6.92 Å². The molecule has 5 rings (SSSR count). The molecule has 3 aliphatic rings. The van der Waals surface area contributed by atoms with Crippen molar-refractivity contribution in [1.29, 1.82) is 0 Å². The van der Waals surface area contributed by atoms with E-state index in [-0.39, 0.29) is 11.5 Å². The van der Waals surface area contributed by atoms with Crippen LogP contribution in [-0.2, 0) is 16.2 Å². The zero-order valence-corrected chi connectivity index (χ0v) is 18.6. The van der Waals surface area contributed by atoms with E-state index >= 15 is 0 Å². The van der Waals surface area contributed by atoms with Crippen LogP contribution in [0.5, 0.6) is 0 Å². The number of fused-ring (bicyclic) bond motifs is 1. The number of amides is 1. The van der Waals surface area contributed by atoms with Crippen LogP contribution in [0.4, 0.5) is 5.69 Å². The summed E-state index contributed by atoms with van der Waals surface area (Å²) in [7, 11) is 0. The molecule has 8 heteroatoms. The second kappa shape index (κ2) is 8.13. The van der Waals surface area contributed by atoms with Crippen molar-refractivity contribution in [3.63, 3.8) is 0 Å². The molecular weight excluding hydrogens is 392 g/mol. The Hall–Kier alpha value is -2.64. The molecule has 8 nitrogen and oxygen atoms in total. The first-order valence-corrected chi connectivity index (χ1v) is 11.7. The minimum absolute atomic E-state index is 0.135. The second-order valence-electron chi connectivity index (χ2n) is 9.22. The highest BCUT2D eigenvalue weighted by molar-refractivity contribution is 6.10. The highest BCUT2D eigenvalue weighted by atomic mass is 16.7. The summed E-state index contributed by atoms with van der Waals surface area (Å²) in [5.41, 5.74) is 3.69. The third-order valence-corrected chi connectivity index (χ3v) is 7.19. The SMILES string of the molecule is CCn1ncc2c(NC3CCCCC3)c(C3=NOC4(CCN(C(C)=O)CC4)C3)cnc21. The number of carbonyl (C=O) groups excluding carboxylic acids is 1. The fraction of sp³-hybridized carbons (Fsp3) is 0.652. The molecule has 1 spiro atoms. The Kier molecular flexibility index (Phi) is 5.32. The molecular formula is C23H32N6O2. The molecule has 1 aliphatic carbocycles. The predicted octanol–water partition coefficient (Wildman–Crippen LogP) is 3.70. The Morgan fingerprint density at radius 1 is 1.23 bits per heavy atom. The summed E-state index contributed by atoms with van der Waals surface area (Å²) in [5.74, 6) is 0.135. The number of hydrogen-bond donors (Lipinski definition) is 1. The minimum atomic E-state index is -0.300. The average molecular weight is 425 g/mol. The molecule has 0 bridgehead atoms. The van der Waals surface area contributed by atoms with Crippen LogP contribution >= 0.6 is 0 Å². The van der Waals surface area contributed by atoms with Gasteiger partial charge in [0.15, 0.2) is 5.65 Å². The van der Waals surface area contributed by atoms with Gasteiger partial charge in [0.1, 0.15) is 5.60 Å².